The summed E-state index contributed by atoms with van der Waals surface area (Å²) in [5.74, 6) is -1.85. The van der Waals surface area contributed by atoms with Gasteiger partial charge in [-0.3, -0.25) is 4.79 Å². The van der Waals surface area contributed by atoms with Crippen molar-refractivity contribution >= 4 is 16.0 Å². The van der Waals surface area contributed by atoms with Crippen LogP contribution >= 0.6 is 0 Å². The van der Waals surface area contributed by atoms with Crippen molar-refractivity contribution in [2.24, 2.45) is 0 Å². The van der Waals surface area contributed by atoms with Crippen molar-refractivity contribution in [2.75, 3.05) is 5.75 Å². The molecule has 0 aliphatic carbocycles. The van der Waals surface area contributed by atoms with Crippen molar-refractivity contribution < 1.29 is 18.3 Å². The molecule has 0 aliphatic heterocycles. The third-order valence-electron chi connectivity index (χ3n) is 2.46. The Labute approximate surface area is 107 Å². The summed E-state index contributed by atoms with van der Waals surface area (Å²) in [5.41, 5.74) is 1.97. The quantitative estimate of drug-likeness (QED) is 0.817. The van der Waals surface area contributed by atoms with E-state index < -0.39 is 21.7 Å². The second kappa shape index (κ2) is 5.97. The van der Waals surface area contributed by atoms with Crippen molar-refractivity contribution in [3.05, 3.63) is 35.4 Å². The molecule has 100 valence electrons. The maximum absolute atomic E-state index is 11.3. The highest BCUT2D eigenvalue weighted by molar-refractivity contribution is 7.90. The van der Waals surface area contributed by atoms with Crippen LogP contribution in [0.15, 0.2) is 24.3 Å². The molecule has 1 rings (SSSR count). The number of hydrogen-bond acceptors (Lipinski definition) is 3. The second-order valence-electron chi connectivity index (χ2n) is 4.37. The maximum Gasteiger partial charge on any atom is 0.320 e. The molecule has 5 nitrogen and oxygen atoms in total. The molecule has 0 radical (unpaired) electrons. The van der Waals surface area contributed by atoms with Gasteiger partial charge in [0.2, 0.25) is 10.0 Å². The van der Waals surface area contributed by atoms with Crippen LogP contribution in [0.5, 0.6) is 0 Å². The first kappa shape index (κ1) is 14.7. The third-order valence-corrected chi connectivity index (χ3v) is 3.67. The van der Waals surface area contributed by atoms with Gasteiger partial charge in [-0.2, -0.15) is 0 Å². The first-order chi connectivity index (χ1) is 8.30. The molecule has 0 saturated heterocycles. The molecular formula is C12H17NO4S. The van der Waals surface area contributed by atoms with Gasteiger partial charge in [0.1, 0.15) is 0 Å². The van der Waals surface area contributed by atoms with Gasteiger partial charge >= 0.3 is 5.97 Å². The Morgan fingerprint density at radius 3 is 2.28 bits per heavy atom. The molecule has 0 atom stereocenters. The average molecular weight is 271 g/mol. The molecule has 0 saturated carbocycles. The molecule has 2 N–H and O–H groups in total. The molecule has 0 unspecified atom stereocenters. The molecule has 0 fully saturated rings. The molecule has 0 heterocycles. The molecule has 0 spiro atoms. The number of nitrogens with one attached hydrogen (secondary N) is 1. The highest BCUT2D eigenvalue weighted by atomic mass is 32.2. The zero-order valence-corrected chi connectivity index (χ0v) is 11.2. The lowest BCUT2D eigenvalue weighted by Gasteiger charge is -2.08. The lowest BCUT2D eigenvalue weighted by Crippen LogP contribution is -2.29. The Hall–Kier alpha value is -1.40. The van der Waals surface area contributed by atoms with Gasteiger partial charge in [-0.1, -0.05) is 38.1 Å². The number of sulfonamides is 1. The van der Waals surface area contributed by atoms with Crippen LogP contribution in [0.3, 0.4) is 0 Å². The number of benzene rings is 1. The standard InChI is InChI=1S/C12H17NO4S/c1-9(2)11-5-3-10(4-6-11)7-13-18(16,17)8-12(14)15/h3-6,9,13H,7-8H2,1-2H3,(H,14,15). The van der Waals surface area contributed by atoms with Crippen LogP contribution < -0.4 is 4.72 Å². The molecule has 1 aromatic carbocycles. The highest BCUT2D eigenvalue weighted by Crippen LogP contribution is 2.14. The van der Waals surface area contributed by atoms with E-state index in [9.17, 15) is 13.2 Å². The minimum absolute atomic E-state index is 0.105. The van der Waals surface area contributed by atoms with E-state index in [4.69, 9.17) is 5.11 Å². The van der Waals surface area contributed by atoms with Crippen LogP contribution in [0.25, 0.3) is 0 Å². The SMILES string of the molecule is CC(C)c1ccc(CNS(=O)(=O)CC(=O)O)cc1. The molecule has 0 bridgehead atoms. The Kier molecular flexibility index (Phi) is 4.86. The van der Waals surface area contributed by atoms with E-state index in [1.807, 2.05) is 24.3 Å². The van der Waals surface area contributed by atoms with Crippen LogP contribution in [-0.4, -0.2) is 25.2 Å². The van der Waals surface area contributed by atoms with Gasteiger partial charge in [0.15, 0.2) is 5.75 Å². The Bertz CT molecular complexity index is 505. The van der Waals surface area contributed by atoms with E-state index in [-0.39, 0.29) is 6.54 Å². The Balaban J connectivity index is 2.61. The molecule has 0 aliphatic rings. The predicted molar refractivity (Wildman–Crippen MR) is 68.8 cm³/mol. The second-order valence-corrected chi connectivity index (χ2v) is 6.18. The number of carboxylic acid groups (broad SMARTS) is 1. The third kappa shape index (κ3) is 4.85. The molecule has 18 heavy (non-hydrogen) atoms. The van der Waals surface area contributed by atoms with Crippen LogP contribution in [0, 0.1) is 0 Å². The van der Waals surface area contributed by atoms with E-state index in [0.717, 1.165) is 5.56 Å². The summed E-state index contributed by atoms with van der Waals surface area (Å²) in [5, 5.41) is 8.42. The Morgan fingerprint density at radius 1 is 1.28 bits per heavy atom. The predicted octanol–water partition coefficient (Wildman–Crippen LogP) is 1.31. The minimum Gasteiger partial charge on any atom is -0.480 e. The fraction of sp³-hybridized carbons (Fsp3) is 0.417. The molecule has 6 heteroatoms. The van der Waals surface area contributed by atoms with Crippen molar-refractivity contribution in [3.63, 3.8) is 0 Å². The normalized spacial score (nSPS) is 11.7. The summed E-state index contributed by atoms with van der Waals surface area (Å²) < 4.78 is 24.8. The van der Waals surface area contributed by atoms with Crippen LogP contribution in [-0.2, 0) is 21.4 Å². The van der Waals surface area contributed by atoms with Gasteiger partial charge in [-0.15, -0.1) is 0 Å². The van der Waals surface area contributed by atoms with E-state index >= 15 is 0 Å². The van der Waals surface area contributed by atoms with Gasteiger partial charge < -0.3 is 5.11 Å². The molecule has 1 aromatic rings. The average Bonchev–Trinajstić information content (AvgIpc) is 2.25. The summed E-state index contributed by atoms with van der Waals surface area (Å²) in [6.45, 7) is 4.25. The van der Waals surface area contributed by atoms with Gasteiger partial charge in [-0.25, -0.2) is 13.1 Å². The van der Waals surface area contributed by atoms with E-state index in [0.29, 0.717) is 5.92 Å². The summed E-state index contributed by atoms with van der Waals surface area (Å²) in [6, 6.07) is 7.54. The topological polar surface area (TPSA) is 83.5 Å². The summed E-state index contributed by atoms with van der Waals surface area (Å²) in [4.78, 5) is 10.3. The van der Waals surface area contributed by atoms with Crippen LogP contribution in [0.4, 0.5) is 0 Å². The Morgan fingerprint density at radius 2 is 1.83 bits per heavy atom. The van der Waals surface area contributed by atoms with E-state index in [1.54, 1.807) is 0 Å². The largest absolute Gasteiger partial charge is 0.480 e. The minimum atomic E-state index is -3.76. The van der Waals surface area contributed by atoms with E-state index in [1.165, 1.54) is 5.56 Å². The van der Waals surface area contributed by atoms with Crippen molar-refractivity contribution in [1.82, 2.24) is 4.72 Å². The molecular weight excluding hydrogens is 254 g/mol. The molecule has 0 amide bonds. The van der Waals surface area contributed by atoms with Crippen LogP contribution in [0.2, 0.25) is 0 Å². The number of carbonyl (C=O) groups is 1. The smallest absolute Gasteiger partial charge is 0.320 e. The number of aliphatic carboxylic acids is 1. The number of carboxylic acids is 1. The van der Waals surface area contributed by atoms with Crippen molar-refractivity contribution in [1.29, 1.82) is 0 Å². The fourth-order valence-corrected chi connectivity index (χ4v) is 2.24. The first-order valence-electron chi connectivity index (χ1n) is 5.58. The fourth-order valence-electron chi connectivity index (χ4n) is 1.43. The molecule has 0 aromatic heterocycles. The zero-order chi connectivity index (χ0) is 13.8. The monoisotopic (exact) mass is 271 g/mol. The maximum atomic E-state index is 11.3. The summed E-state index contributed by atoms with van der Waals surface area (Å²) >= 11 is 0. The highest BCUT2D eigenvalue weighted by Gasteiger charge is 2.14. The van der Waals surface area contributed by atoms with E-state index in [2.05, 4.69) is 18.6 Å². The zero-order valence-electron chi connectivity index (χ0n) is 10.4. The first-order valence-corrected chi connectivity index (χ1v) is 7.23. The lowest BCUT2D eigenvalue weighted by atomic mass is 10.0. The van der Waals surface area contributed by atoms with Crippen LogP contribution in [0.1, 0.15) is 30.9 Å². The van der Waals surface area contributed by atoms with Crippen molar-refractivity contribution in [2.45, 2.75) is 26.3 Å². The number of rotatable bonds is 6. The summed E-state index contributed by atoms with van der Waals surface area (Å²) in [6.07, 6.45) is 0. The lowest BCUT2D eigenvalue weighted by molar-refractivity contribution is -0.134. The number of hydrogen-bond donors (Lipinski definition) is 2. The van der Waals surface area contributed by atoms with Gasteiger partial charge in [0, 0.05) is 6.54 Å². The van der Waals surface area contributed by atoms with Gasteiger partial charge in [-0.05, 0) is 17.0 Å². The van der Waals surface area contributed by atoms with Crippen molar-refractivity contribution in [3.8, 4) is 0 Å². The van der Waals surface area contributed by atoms with Gasteiger partial charge in [0.05, 0.1) is 0 Å². The summed E-state index contributed by atoms with van der Waals surface area (Å²) in [7, 11) is -3.76. The van der Waals surface area contributed by atoms with Gasteiger partial charge in [0.25, 0.3) is 0 Å².